The highest BCUT2D eigenvalue weighted by Crippen LogP contribution is 2.57. The van der Waals surface area contributed by atoms with Gasteiger partial charge in [0.25, 0.3) is 0 Å². The molecule has 3 aliphatic carbocycles. The second kappa shape index (κ2) is 13.4. The minimum Gasteiger partial charge on any atom is -0.380 e. The van der Waals surface area contributed by atoms with Gasteiger partial charge in [-0.05, 0) is 168 Å². The summed E-state index contributed by atoms with van der Waals surface area (Å²) in [5.41, 5.74) is 25.1. The second-order valence-corrected chi connectivity index (χ2v) is 19.3. The first kappa shape index (κ1) is 36.9. The van der Waals surface area contributed by atoms with Gasteiger partial charge in [-0.25, -0.2) is 0 Å². The molecule has 0 fully saturated rings. The van der Waals surface area contributed by atoms with Crippen molar-refractivity contribution in [3.63, 3.8) is 0 Å². The average molecular weight is 851 g/mol. The summed E-state index contributed by atoms with van der Waals surface area (Å²) < 4.78 is 0. The van der Waals surface area contributed by atoms with Crippen LogP contribution in [0.25, 0.3) is 138 Å². The molecule has 67 heavy (non-hydrogen) atoms. The summed E-state index contributed by atoms with van der Waals surface area (Å²) in [6, 6.07) is 67.1. The molecule has 0 unspecified atom stereocenters. The Balaban J connectivity index is 1.01. The van der Waals surface area contributed by atoms with E-state index in [-0.39, 0.29) is 5.41 Å². The van der Waals surface area contributed by atoms with E-state index in [2.05, 4.69) is 213 Å². The van der Waals surface area contributed by atoms with Crippen LogP contribution in [0.15, 0.2) is 200 Å². The lowest BCUT2D eigenvalue weighted by Crippen LogP contribution is -2.15. The Morgan fingerprint density at radius 2 is 0.896 bits per heavy atom. The minimum absolute atomic E-state index is 0.258. The van der Waals surface area contributed by atoms with Crippen molar-refractivity contribution < 1.29 is 0 Å². The highest BCUT2D eigenvalue weighted by molar-refractivity contribution is 6.29. The molecule has 11 aromatic rings. The Morgan fingerprint density at radius 3 is 1.46 bits per heavy atom. The largest absolute Gasteiger partial charge is 0.380 e. The standard InChI is InChI=1S/C65H42N2/c1-65(2)57-33-37(38-25-31-60(67-36-38)59-23-9-10-32-66-59)24-26-43(57)54-34-55-56(35-58(54)65)64(53-30-28-51-42-16-6-4-14-40(42)45-20-12-22-49(53)62(45)51)47-18-8-7-17-46(47)63(55)52-29-27-50-41-15-5-3-13-39(41)44-19-11-21-48(52)61(44)50/h3-31,33-36,66H,32H2,1-2H3. The van der Waals surface area contributed by atoms with E-state index in [1.165, 1.54) is 138 Å². The van der Waals surface area contributed by atoms with Gasteiger partial charge in [0.05, 0.1) is 11.4 Å². The zero-order valence-corrected chi connectivity index (χ0v) is 37.2. The van der Waals surface area contributed by atoms with Gasteiger partial charge in [-0.2, -0.15) is 0 Å². The van der Waals surface area contributed by atoms with Crippen LogP contribution >= 0.6 is 0 Å². The predicted molar refractivity (Wildman–Crippen MR) is 282 cm³/mol. The van der Waals surface area contributed by atoms with Gasteiger partial charge in [0.15, 0.2) is 0 Å². The zero-order chi connectivity index (χ0) is 44.1. The number of allylic oxidation sites excluding steroid dienone is 2. The van der Waals surface area contributed by atoms with Crippen LogP contribution in [0.3, 0.4) is 0 Å². The number of hydrogen-bond acceptors (Lipinski definition) is 2. The molecule has 0 atom stereocenters. The van der Waals surface area contributed by atoms with Gasteiger partial charge >= 0.3 is 0 Å². The topological polar surface area (TPSA) is 24.9 Å². The summed E-state index contributed by atoms with van der Waals surface area (Å²) in [5.74, 6) is 0. The molecule has 4 aliphatic rings. The third-order valence-electron chi connectivity index (χ3n) is 15.6. The Morgan fingerprint density at radius 1 is 0.403 bits per heavy atom. The molecule has 0 saturated heterocycles. The zero-order valence-electron chi connectivity index (χ0n) is 37.2. The van der Waals surface area contributed by atoms with E-state index in [1.807, 2.05) is 6.20 Å². The lowest BCUT2D eigenvalue weighted by atomic mass is 9.78. The first-order valence-electron chi connectivity index (χ1n) is 23.6. The molecule has 15 rings (SSSR count). The third-order valence-corrected chi connectivity index (χ3v) is 15.6. The molecular weight excluding hydrogens is 809 g/mol. The molecule has 1 aliphatic heterocycles. The highest BCUT2D eigenvalue weighted by Gasteiger charge is 2.37. The van der Waals surface area contributed by atoms with E-state index in [9.17, 15) is 0 Å². The van der Waals surface area contributed by atoms with Crippen LogP contribution in [0.1, 0.15) is 30.7 Å². The van der Waals surface area contributed by atoms with Crippen LogP contribution in [0.5, 0.6) is 0 Å². The lowest BCUT2D eigenvalue weighted by molar-refractivity contribution is 0.661. The average Bonchev–Trinajstić information content (AvgIpc) is 3.97. The van der Waals surface area contributed by atoms with Crippen molar-refractivity contribution in [3.8, 4) is 89.0 Å². The Bertz CT molecular complexity index is 4050. The number of rotatable bonds is 4. The van der Waals surface area contributed by atoms with E-state index in [4.69, 9.17) is 4.98 Å². The van der Waals surface area contributed by atoms with Crippen molar-refractivity contribution in [1.82, 2.24) is 10.3 Å². The molecule has 2 nitrogen and oxygen atoms in total. The molecule has 0 bridgehead atoms. The molecule has 2 heterocycles. The summed E-state index contributed by atoms with van der Waals surface area (Å²) in [6.45, 7) is 5.66. The van der Waals surface area contributed by atoms with E-state index in [0.717, 1.165) is 23.5 Å². The lowest BCUT2D eigenvalue weighted by Gasteiger charge is -2.25. The number of dihydropyridines is 1. The van der Waals surface area contributed by atoms with E-state index in [1.54, 1.807) is 0 Å². The quantitative estimate of drug-likeness (QED) is 0.178. The molecule has 1 aromatic heterocycles. The van der Waals surface area contributed by atoms with E-state index < -0.39 is 0 Å². The van der Waals surface area contributed by atoms with Gasteiger partial charge in [0.1, 0.15) is 0 Å². The van der Waals surface area contributed by atoms with Gasteiger partial charge in [0, 0.05) is 23.7 Å². The second-order valence-electron chi connectivity index (χ2n) is 19.3. The maximum Gasteiger partial charge on any atom is 0.0861 e. The fourth-order valence-corrected chi connectivity index (χ4v) is 12.6. The molecule has 312 valence electrons. The Kier molecular flexibility index (Phi) is 7.38. The predicted octanol–water partition coefficient (Wildman–Crippen LogP) is 16.8. The number of aromatic nitrogens is 1. The monoisotopic (exact) mass is 850 g/mol. The van der Waals surface area contributed by atoms with E-state index in [0.29, 0.717) is 0 Å². The fourth-order valence-electron chi connectivity index (χ4n) is 12.6. The first-order valence-corrected chi connectivity index (χ1v) is 23.6. The maximum atomic E-state index is 4.92. The number of benzene rings is 10. The maximum absolute atomic E-state index is 4.92. The number of nitrogens with zero attached hydrogens (tertiary/aromatic N) is 1. The Labute approximate surface area is 389 Å². The number of hydrogen-bond donors (Lipinski definition) is 1. The number of fused-ring (bicyclic) bond motifs is 11. The molecule has 10 aromatic carbocycles. The molecule has 0 spiro atoms. The third kappa shape index (κ3) is 4.97. The first-order chi connectivity index (χ1) is 33.0. The highest BCUT2D eigenvalue weighted by atomic mass is 14.9. The van der Waals surface area contributed by atoms with Crippen LogP contribution in [0.2, 0.25) is 0 Å². The van der Waals surface area contributed by atoms with Crippen molar-refractivity contribution >= 4 is 48.8 Å². The normalized spacial score (nSPS) is 14.3. The van der Waals surface area contributed by atoms with Gasteiger partial charge in [-0.1, -0.05) is 178 Å². The van der Waals surface area contributed by atoms with Gasteiger partial charge in [-0.3, -0.25) is 4.98 Å². The SMILES string of the molecule is CC1(C)c2cc(-c3ccc(C4=CC=CCN4)nc3)ccc2-c2cc3c(-c4ccc5c6c(cccc46)-c4ccccc4-5)c4ccccc4c(-c4ccc5c6c(cccc46)-c4ccccc4-5)c3cc21. The molecule has 2 heteroatoms. The van der Waals surface area contributed by atoms with Crippen molar-refractivity contribution in [1.29, 1.82) is 0 Å². The molecule has 0 saturated carbocycles. The Hall–Kier alpha value is -8.33. The van der Waals surface area contributed by atoms with Crippen LogP contribution in [0, 0.1) is 0 Å². The molecule has 0 radical (unpaired) electrons. The number of pyridine rings is 1. The fraction of sp³-hybridized carbons (Fsp3) is 0.0615. The van der Waals surface area contributed by atoms with Gasteiger partial charge in [-0.15, -0.1) is 0 Å². The number of nitrogens with one attached hydrogen (secondary N) is 1. The molecule has 0 amide bonds. The van der Waals surface area contributed by atoms with Crippen molar-refractivity contribution in [2.75, 3.05) is 6.54 Å². The van der Waals surface area contributed by atoms with Gasteiger partial charge in [0.2, 0.25) is 0 Å². The summed E-state index contributed by atoms with van der Waals surface area (Å²) >= 11 is 0. The summed E-state index contributed by atoms with van der Waals surface area (Å²) in [5, 5.41) is 13.9. The van der Waals surface area contributed by atoms with E-state index >= 15 is 0 Å². The minimum atomic E-state index is -0.258. The van der Waals surface area contributed by atoms with Crippen LogP contribution < -0.4 is 5.32 Å². The van der Waals surface area contributed by atoms with Crippen LogP contribution in [0.4, 0.5) is 0 Å². The molecule has 1 N–H and O–H groups in total. The van der Waals surface area contributed by atoms with Crippen molar-refractivity contribution in [2.24, 2.45) is 0 Å². The summed E-state index contributed by atoms with van der Waals surface area (Å²) in [6.07, 6.45) is 8.34. The summed E-state index contributed by atoms with van der Waals surface area (Å²) in [7, 11) is 0. The molecular formula is C65H42N2. The van der Waals surface area contributed by atoms with Crippen molar-refractivity contribution in [3.05, 3.63) is 217 Å². The van der Waals surface area contributed by atoms with Crippen LogP contribution in [-0.2, 0) is 5.41 Å². The van der Waals surface area contributed by atoms with Gasteiger partial charge < -0.3 is 5.32 Å². The van der Waals surface area contributed by atoms with Crippen LogP contribution in [-0.4, -0.2) is 11.5 Å². The van der Waals surface area contributed by atoms with Crippen molar-refractivity contribution in [2.45, 2.75) is 19.3 Å². The summed E-state index contributed by atoms with van der Waals surface area (Å²) in [4.78, 5) is 4.92. The smallest absolute Gasteiger partial charge is 0.0861 e.